The molecular weight excluding hydrogens is 366 g/mol. The molecule has 1 rings (SSSR count). The fourth-order valence-electron chi connectivity index (χ4n) is 5.09. The van der Waals surface area contributed by atoms with Crippen molar-refractivity contribution in [1.82, 2.24) is 0 Å². The van der Waals surface area contributed by atoms with Crippen LogP contribution in [0.5, 0.6) is 0 Å². The molecule has 0 amide bonds. The van der Waals surface area contributed by atoms with Gasteiger partial charge >= 0.3 is 0 Å². The molecule has 0 aromatic rings. The quantitative estimate of drug-likeness (QED) is 0.238. The lowest BCUT2D eigenvalue weighted by Gasteiger charge is -2.37. The third kappa shape index (κ3) is 9.45. The van der Waals surface area contributed by atoms with Gasteiger partial charge in [0, 0.05) is 0 Å². The Bertz CT molecular complexity index is 385. The van der Waals surface area contributed by atoms with Crippen LogP contribution in [-0.4, -0.2) is 25.8 Å². The first-order valence-corrected chi connectivity index (χ1v) is 11.5. The number of halogens is 4. The highest BCUT2D eigenvalue weighted by molar-refractivity contribution is 4.82. The summed E-state index contributed by atoms with van der Waals surface area (Å²) >= 11 is 0. The lowest BCUT2D eigenvalue weighted by atomic mass is 9.69. The van der Waals surface area contributed by atoms with Crippen LogP contribution in [0, 0.1) is 35.5 Å². The molecule has 0 spiro atoms. The number of nitrogens with two attached hydrogens (primary N) is 1. The van der Waals surface area contributed by atoms with E-state index in [-0.39, 0.29) is 30.6 Å². The molecule has 6 atom stereocenters. The standard InChI is InChI=1S/C23H43F4N/c1-4-5-22(26)12-18(14-24)11-20(19-8-6-16(2)7-9-19)10-17(3)21(15-25)13-23(27)28/h16-23H,4-15,28H2,1-3H3. The second-order valence-corrected chi connectivity index (χ2v) is 9.54. The summed E-state index contributed by atoms with van der Waals surface area (Å²) in [6.07, 6.45) is 5.06. The Labute approximate surface area is 170 Å². The topological polar surface area (TPSA) is 26.0 Å². The monoisotopic (exact) mass is 409 g/mol. The van der Waals surface area contributed by atoms with Crippen molar-refractivity contribution in [2.45, 2.75) is 97.4 Å². The Morgan fingerprint density at radius 1 is 0.929 bits per heavy atom. The summed E-state index contributed by atoms with van der Waals surface area (Å²) in [5.41, 5.74) is 5.26. The highest BCUT2D eigenvalue weighted by Gasteiger charge is 2.32. The summed E-state index contributed by atoms with van der Waals surface area (Å²) in [6.45, 7) is 5.09. The SMILES string of the molecule is CCCC(F)CC(CF)CC(CC(C)C(CF)CC(N)F)C1CCC(C)CC1. The number of rotatable bonds is 14. The van der Waals surface area contributed by atoms with Crippen molar-refractivity contribution < 1.29 is 17.6 Å². The molecule has 0 aromatic carbocycles. The Balaban J connectivity index is 2.79. The van der Waals surface area contributed by atoms with Crippen molar-refractivity contribution in [3.63, 3.8) is 0 Å². The van der Waals surface area contributed by atoms with E-state index >= 15 is 0 Å². The molecule has 0 saturated heterocycles. The van der Waals surface area contributed by atoms with Crippen LogP contribution in [0.2, 0.25) is 0 Å². The van der Waals surface area contributed by atoms with Crippen LogP contribution in [0.4, 0.5) is 17.6 Å². The molecule has 0 aliphatic heterocycles. The predicted octanol–water partition coefficient (Wildman–Crippen LogP) is 7.19. The van der Waals surface area contributed by atoms with Gasteiger partial charge in [-0.25, -0.2) is 8.78 Å². The average Bonchev–Trinajstić information content (AvgIpc) is 2.65. The second kappa shape index (κ2) is 13.8. The van der Waals surface area contributed by atoms with Gasteiger partial charge < -0.3 is 5.73 Å². The predicted molar refractivity (Wildman–Crippen MR) is 110 cm³/mol. The van der Waals surface area contributed by atoms with Gasteiger partial charge in [-0.3, -0.25) is 8.78 Å². The maximum atomic E-state index is 14.1. The first kappa shape index (κ1) is 25.7. The number of hydrogen-bond acceptors (Lipinski definition) is 1. The van der Waals surface area contributed by atoms with Gasteiger partial charge in [-0.05, 0) is 80.5 Å². The van der Waals surface area contributed by atoms with Crippen molar-refractivity contribution in [3.8, 4) is 0 Å². The fourth-order valence-corrected chi connectivity index (χ4v) is 5.09. The molecule has 1 aliphatic rings. The van der Waals surface area contributed by atoms with E-state index in [9.17, 15) is 17.6 Å². The van der Waals surface area contributed by atoms with Gasteiger partial charge in [0.2, 0.25) is 0 Å². The highest BCUT2D eigenvalue weighted by atomic mass is 19.1. The van der Waals surface area contributed by atoms with Gasteiger partial charge in [-0.1, -0.05) is 40.0 Å². The molecule has 28 heavy (non-hydrogen) atoms. The van der Waals surface area contributed by atoms with E-state index in [0.717, 1.165) is 25.7 Å². The molecule has 6 unspecified atom stereocenters. The third-order valence-corrected chi connectivity index (χ3v) is 6.98. The molecule has 0 radical (unpaired) electrons. The highest BCUT2D eigenvalue weighted by Crippen LogP contribution is 2.41. The zero-order chi connectivity index (χ0) is 21.1. The molecule has 5 heteroatoms. The van der Waals surface area contributed by atoms with Crippen LogP contribution in [-0.2, 0) is 0 Å². The maximum Gasteiger partial charge on any atom is 0.149 e. The molecule has 0 bridgehead atoms. The Morgan fingerprint density at radius 3 is 2.07 bits per heavy atom. The molecule has 0 aromatic heterocycles. The molecule has 168 valence electrons. The third-order valence-electron chi connectivity index (χ3n) is 6.98. The zero-order valence-corrected chi connectivity index (χ0v) is 18.2. The molecule has 0 heterocycles. The van der Waals surface area contributed by atoms with Gasteiger partial charge in [0.15, 0.2) is 0 Å². The Kier molecular flexibility index (Phi) is 12.7. The molecule has 1 fully saturated rings. The molecule has 1 saturated carbocycles. The minimum atomic E-state index is -1.50. The van der Waals surface area contributed by atoms with E-state index < -0.39 is 31.7 Å². The van der Waals surface area contributed by atoms with Gasteiger partial charge in [-0.2, -0.15) is 0 Å². The van der Waals surface area contributed by atoms with Crippen LogP contribution < -0.4 is 5.73 Å². The van der Waals surface area contributed by atoms with Crippen LogP contribution in [0.3, 0.4) is 0 Å². The van der Waals surface area contributed by atoms with Crippen LogP contribution in [0.1, 0.15) is 85.0 Å². The lowest BCUT2D eigenvalue weighted by Crippen LogP contribution is -2.30. The van der Waals surface area contributed by atoms with Gasteiger partial charge in [0.05, 0.1) is 13.3 Å². The molecule has 2 N–H and O–H groups in total. The van der Waals surface area contributed by atoms with E-state index in [1.54, 1.807) is 0 Å². The summed E-state index contributed by atoms with van der Waals surface area (Å²) in [7, 11) is 0. The number of hydrogen-bond donors (Lipinski definition) is 1. The van der Waals surface area contributed by atoms with Crippen molar-refractivity contribution in [2.75, 3.05) is 13.3 Å². The number of alkyl halides is 4. The summed E-state index contributed by atoms with van der Waals surface area (Å²) < 4.78 is 54.5. The molecular formula is C23H43F4N. The van der Waals surface area contributed by atoms with Crippen molar-refractivity contribution in [3.05, 3.63) is 0 Å². The first-order chi connectivity index (χ1) is 13.3. The second-order valence-electron chi connectivity index (χ2n) is 9.54. The zero-order valence-electron chi connectivity index (χ0n) is 18.2. The minimum absolute atomic E-state index is 0.00627. The van der Waals surface area contributed by atoms with Gasteiger partial charge in [-0.15, -0.1) is 0 Å². The van der Waals surface area contributed by atoms with Crippen LogP contribution >= 0.6 is 0 Å². The van der Waals surface area contributed by atoms with E-state index in [1.807, 2.05) is 13.8 Å². The van der Waals surface area contributed by atoms with E-state index in [4.69, 9.17) is 5.73 Å². The summed E-state index contributed by atoms with van der Waals surface area (Å²) in [5, 5.41) is 0. The summed E-state index contributed by atoms with van der Waals surface area (Å²) in [4.78, 5) is 0. The minimum Gasteiger partial charge on any atom is -0.302 e. The maximum absolute atomic E-state index is 14.1. The lowest BCUT2D eigenvalue weighted by molar-refractivity contribution is 0.109. The van der Waals surface area contributed by atoms with Crippen LogP contribution in [0.25, 0.3) is 0 Å². The van der Waals surface area contributed by atoms with Crippen molar-refractivity contribution in [2.24, 2.45) is 41.2 Å². The Morgan fingerprint density at radius 2 is 1.57 bits per heavy atom. The van der Waals surface area contributed by atoms with Crippen molar-refractivity contribution in [1.29, 1.82) is 0 Å². The first-order valence-electron chi connectivity index (χ1n) is 11.5. The van der Waals surface area contributed by atoms with Crippen LogP contribution in [0.15, 0.2) is 0 Å². The summed E-state index contributed by atoms with van der Waals surface area (Å²) in [6, 6.07) is 0. The van der Waals surface area contributed by atoms with E-state index in [0.29, 0.717) is 24.7 Å². The average molecular weight is 410 g/mol. The van der Waals surface area contributed by atoms with E-state index in [1.165, 1.54) is 12.8 Å². The largest absolute Gasteiger partial charge is 0.302 e. The van der Waals surface area contributed by atoms with E-state index in [2.05, 4.69) is 6.92 Å². The fraction of sp³-hybridized carbons (Fsp3) is 1.00. The summed E-state index contributed by atoms with van der Waals surface area (Å²) in [5.74, 6) is 0.772. The smallest absolute Gasteiger partial charge is 0.149 e. The van der Waals surface area contributed by atoms with Gasteiger partial charge in [0.25, 0.3) is 0 Å². The molecule has 1 nitrogen and oxygen atoms in total. The normalized spacial score (nSPS) is 27.0. The Hall–Kier alpha value is -0.320. The molecule has 1 aliphatic carbocycles. The van der Waals surface area contributed by atoms with Crippen molar-refractivity contribution >= 4 is 0 Å². The van der Waals surface area contributed by atoms with Gasteiger partial charge in [0.1, 0.15) is 12.5 Å².